The van der Waals surface area contributed by atoms with Crippen LogP contribution in [0, 0.1) is 16.7 Å². The van der Waals surface area contributed by atoms with E-state index >= 15 is 0 Å². The van der Waals surface area contributed by atoms with E-state index < -0.39 is 0 Å². The Hall–Kier alpha value is -4.13. The molecule has 1 atom stereocenters. The second-order valence-electron chi connectivity index (χ2n) is 11.3. The Morgan fingerprint density at radius 3 is 2.74 bits per heavy atom. The third-order valence-electron chi connectivity index (χ3n) is 6.91. The third-order valence-corrected chi connectivity index (χ3v) is 7.20. The first kappa shape index (κ1) is 25.2. The molecule has 0 spiro atoms. The second-order valence-corrected chi connectivity index (χ2v) is 11.7. The standard InChI is InChI=1S/C29H30ClN9/c1-29(2,3)16-35-26-17(10-31)13-34-27-22(26)8-19(9-24(27)30)36-28(25-15-39(38-37-25)20-4-5-20)23-14-33-12-18-11-32-7-6-21(18)23/h6-9,11-15,20,28,36-38H,4-5,16H2,1-3H3,(H,34,35)/t28-/m0/s1. The summed E-state index contributed by atoms with van der Waals surface area (Å²) in [6.07, 6.45) is 13.3. The zero-order valence-electron chi connectivity index (χ0n) is 22.1. The van der Waals surface area contributed by atoms with Crippen LogP contribution in [-0.4, -0.2) is 32.5 Å². The van der Waals surface area contributed by atoms with E-state index in [9.17, 15) is 5.26 Å². The Bertz CT molecular complexity index is 1630. The van der Waals surface area contributed by atoms with Gasteiger partial charge >= 0.3 is 0 Å². The summed E-state index contributed by atoms with van der Waals surface area (Å²) in [7, 11) is 0. The summed E-state index contributed by atoms with van der Waals surface area (Å²) in [6, 6.07) is 8.40. The lowest BCUT2D eigenvalue weighted by Gasteiger charge is -2.24. The van der Waals surface area contributed by atoms with Crippen molar-refractivity contribution < 1.29 is 0 Å². The number of benzene rings is 1. The van der Waals surface area contributed by atoms with Gasteiger partial charge in [0, 0.05) is 71.8 Å². The van der Waals surface area contributed by atoms with Crippen molar-refractivity contribution in [3.8, 4) is 6.07 Å². The summed E-state index contributed by atoms with van der Waals surface area (Å²) >= 11 is 6.79. The highest BCUT2D eigenvalue weighted by atomic mass is 35.5. The van der Waals surface area contributed by atoms with Crippen molar-refractivity contribution >= 4 is 44.7 Å². The van der Waals surface area contributed by atoms with Gasteiger partial charge < -0.3 is 16.1 Å². The number of anilines is 2. The first-order valence-electron chi connectivity index (χ1n) is 13.0. The zero-order valence-corrected chi connectivity index (χ0v) is 22.8. The van der Waals surface area contributed by atoms with Crippen LogP contribution in [0.1, 0.15) is 50.8 Å². The van der Waals surface area contributed by atoms with Crippen LogP contribution in [-0.2, 0) is 0 Å². The quantitative estimate of drug-likeness (QED) is 0.237. The number of aromatic nitrogens is 3. The van der Waals surface area contributed by atoms with Crippen molar-refractivity contribution in [3.63, 3.8) is 0 Å². The number of nitrogens with one attached hydrogen (secondary N) is 4. The first-order chi connectivity index (χ1) is 18.8. The van der Waals surface area contributed by atoms with E-state index in [2.05, 4.69) is 74.6 Å². The fourth-order valence-corrected chi connectivity index (χ4v) is 5.04. The number of halogens is 1. The van der Waals surface area contributed by atoms with Crippen molar-refractivity contribution in [1.82, 2.24) is 30.9 Å². The molecule has 1 aliphatic carbocycles. The van der Waals surface area contributed by atoms with E-state index in [1.54, 1.807) is 12.4 Å². The molecule has 1 saturated carbocycles. The predicted molar refractivity (Wildman–Crippen MR) is 155 cm³/mol. The number of fused-ring (bicyclic) bond motifs is 2. The second kappa shape index (κ2) is 9.88. The van der Waals surface area contributed by atoms with Crippen LogP contribution in [0.15, 0.2) is 61.1 Å². The lowest BCUT2D eigenvalue weighted by Crippen LogP contribution is -2.38. The topological polar surface area (TPSA) is 114 Å². The summed E-state index contributed by atoms with van der Waals surface area (Å²) in [5, 5.41) is 22.5. The van der Waals surface area contributed by atoms with E-state index in [1.807, 2.05) is 36.8 Å². The van der Waals surface area contributed by atoms with Gasteiger partial charge in [-0.2, -0.15) is 5.26 Å². The van der Waals surface area contributed by atoms with Gasteiger partial charge in [-0.15, -0.1) is 5.53 Å². The molecule has 3 aromatic heterocycles. The van der Waals surface area contributed by atoms with E-state index in [4.69, 9.17) is 11.6 Å². The molecule has 0 amide bonds. The average molecular weight is 540 g/mol. The molecular formula is C29H30ClN9. The zero-order chi connectivity index (χ0) is 27.1. The Morgan fingerprint density at radius 1 is 1.15 bits per heavy atom. The summed E-state index contributed by atoms with van der Waals surface area (Å²) in [6.45, 7) is 7.13. The molecule has 4 N–H and O–H groups in total. The van der Waals surface area contributed by atoms with Crippen LogP contribution >= 0.6 is 11.6 Å². The molecule has 1 fully saturated rings. The van der Waals surface area contributed by atoms with Crippen LogP contribution in [0.25, 0.3) is 21.7 Å². The molecule has 0 saturated heterocycles. The fraction of sp³-hybridized carbons (Fsp3) is 0.310. The van der Waals surface area contributed by atoms with Crippen LogP contribution in [0.2, 0.25) is 5.02 Å². The minimum absolute atomic E-state index is 0.0182. The third kappa shape index (κ3) is 5.13. The average Bonchev–Trinajstić information content (AvgIpc) is 3.66. The largest absolute Gasteiger partial charge is 0.383 e. The number of nitriles is 1. The van der Waals surface area contributed by atoms with E-state index in [1.165, 1.54) is 0 Å². The number of pyridine rings is 3. The number of hydrogen-bond donors (Lipinski definition) is 4. The van der Waals surface area contributed by atoms with Gasteiger partial charge in [-0.3, -0.25) is 20.0 Å². The van der Waals surface area contributed by atoms with E-state index in [0.29, 0.717) is 28.7 Å². The first-order valence-corrected chi connectivity index (χ1v) is 13.4. The predicted octanol–water partition coefficient (Wildman–Crippen LogP) is 5.64. The molecule has 0 radical (unpaired) electrons. The van der Waals surface area contributed by atoms with Crippen LogP contribution in [0.3, 0.4) is 0 Å². The lowest BCUT2D eigenvalue weighted by molar-refractivity contribution is 0.260. The molecule has 1 aliphatic heterocycles. The van der Waals surface area contributed by atoms with E-state index in [-0.39, 0.29) is 11.5 Å². The highest BCUT2D eigenvalue weighted by molar-refractivity contribution is 6.35. The van der Waals surface area contributed by atoms with Crippen molar-refractivity contribution in [1.29, 1.82) is 5.26 Å². The molecule has 39 heavy (non-hydrogen) atoms. The highest BCUT2D eigenvalue weighted by Crippen LogP contribution is 2.38. The minimum Gasteiger partial charge on any atom is -0.383 e. The molecule has 4 aromatic rings. The van der Waals surface area contributed by atoms with Crippen LogP contribution in [0.4, 0.5) is 11.4 Å². The number of rotatable bonds is 7. The van der Waals surface area contributed by atoms with Gasteiger partial charge in [-0.25, -0.2) is 0 Å². The van der Waals surface area contributed by atoms with Gasteiger partial charge in [0.25, 0.3) is 0 Å². The monoisotopic (exact) mass is 539 g/mol. The maximum atomic E-state index is 9.84. The summed E-state index contributed by atoms with van der Waals surface area (Å²) in [5.74, 6) is 0. The van der Waals surface area contributed by atoms with Gasteiger partial charge in [-0.05, 0) is 41.8 Å². The molecule has 10 heteroatoms. The molecule has 0 bridgehead atoms. The molecule has 9 nitrogen and oxygen atoms in total. The lowest BCUT2D eigenvalue weighted by atomic mass is 9.96. The number of hydrogen-bond acceptors (Lipinski definition) is 9. The maximum Gasteiger partial charge on any atom is 0.103 e. The Morgan fingerprint density at radius 2 is 1.97 bits per heavy atom. The van der Waals surface area contributed by atoms with Gasteiger partial charge in [0.1, 0.15) is 6.07 Å². The maximum absolute atomic E-state index is 9.84. The summed E-state index contributed by atoms with van der Waals surface area (Å²) < 4.78 is 0. The summed E-state index contributed by atoms with van der Waals surface area (Å²) in [5.41, 5.74) is 11.3. The van der Waals surface area contributed by atoms with Gasteiger partial charge in [0.2, 0.25) is 0 Å². The van der Waals surface area contributed by atoms with E-state index in [0.717, 1.165) is 51.6 Å². The molecule has 2 aliphatic rings. The Labute approximate surface area is 232 Å². The molecule has 1 aromatic carbocycles. The van der Waals surface area contributed by atoms with Gasteiger partial charge in [-0.1, -0.05) is 32.4 Å². The minimum atomic E-state index is -0.272. The number of nitrogens with zero attached hydrogens (tertiary/aromatic N) is 5. The molecule has 198 valence electrons. The fourth-order valence-electron chi connectivity index (χ4n) is 4.77. The van der Waals surface area contributed by atoms with Crippen molar-refractivity contribution in [2.24, 2.45) is 5.41 Å². The van der Waals surface area contributed by atoms with Crippen molar-refractivity contribution in [3.05, 3.63) is 77.2 Å². The SMILES string of the molecule is CC(C)(C)CNc1c(C#N)cnc2c(Cl)cc(N[C@H](C3=CN(C4CC4)NN3)c3cncc4cnccc34)cc12. The molecule has 6 rings (SSSR count). The normalized spacial score (nSPS) is 16.1. The molecule has 4 heterocycles. The smallest absolute Gasteiger partial charge is 0.103 e. The Balaban J connectivity index is 1.46. The van der Waals surface area contributed by atoms with Gasteiger partial charge in [0.05, 0.1) is 33.5 Å². The molecular weight excluding hydrogens is 510 g/mol. The number of hydrazine groups is 2. The Kier molecular flexibility index (Phi) is 6.37. The highest BCUT2D eigenvalue weighted by Gasteiger charge is 2.33. The van der Waals surface area contributed by atoms with Crippen LogP contribution in [0.5, 0.6) is 0 Å². The summed E-state index contributed by atoms with van der Waals surface area (Å²) in [4.78, 5) is 13.3. The molecule has 0 unspecified atom stereocenters. The van der Waals surface area contributed by atoms with Crippen LogP contribution < -0.4 is 21.6 Å². The van der Waals surface area contributed by atoms with Crippen molar-refractivity contribution in [2.75, 3.05) is 17.2 Å². The van der Waals surface area contributed by atoms with Gasteiger partial charge in [0.15, 0.2) is 0 Å². The van der Waals surface area contributed by atoms with Crippen molar-refractivity contribution in [2.45, 2.75) is 45.7 Å².